The predicted molar refractivity (Wildman–Crippen MR) is 67.8 cm³/mol. The largest absolute Gasteiger partial charge is 0.439 e. The zero-order valence-electron chi connectivity index (χ0n) is 10.2. The Morgan fingerprint density at radius 2 is 2.29 bits per heavy atom. The fourth-order valence-corrected chi connectivity index (χ4v) is 2.81. The molecule has 17 heavy (non-hydrogen) atoms. The number of oxazole rings is 1. The highest BCUT2D eigenvalue weighted by atomic mass is 16.4. The van der Waals surface area contributed by atoms with Crippen LogP contribution in [0.3, 0.4) is 0 Å². The van der Waals surface area contributed by atoms with Crippen LogP contribution in [0.15, 0.2) is 28.7 Å². The van der Waals surface area contributed by atoms with Crippen molar-refractivity contribution in [2.45, 2.75) is 38.1 Å². The van der Waals surface area contributed by atoms with Gasteiger partial charge in [0.05, 0.1) is 5.54 Å². The molecule has 1 unspecified atom stereocenters. The first-order valence-electron chi connectivity index (χ1n) is 6.45. The van der Waals surface area contributed by atoms with Gasteiger partial charge in [0.1, 0.15) is 5.52 Å². The summed E-state index contributed by atoms with van der Waals surface area (Å²) in [4.78, 5) is 4.66. The summed E-state index contributed by atoms with van der Waals surface area (Å²) in [7, 11) is 0. The van der Waals surface area contributed by atoms with E-state index in [1.54, 1.807) is 0 Å². The van der Waals surface area contributed by atoms with Gasteiger partial charge in [-0.25, -0.2) is 4.98 Å². The minimum atomic E-state index is -0.0201. The third kappa shape index (κ3) is 1.75. The molecule has 2 heterocycles. The molecule has 0 aliphatic carbocycles. The molecule has 1 fully saturated rings. The molecule has 1 N–H and O–H groups in total. The fourth-order valence-electron chi connectivity index (χ4n) is 2.81. The molecule has 3 rings (SSSR count). The minimum Gasteiger partial charge on any atom is -0.439 e. The maximum Gasteiger partial charge on any atom is 0.215 e. The van der Waals surface area contributed by atoms with Gasteiger partial charge < -0.3 is 9.73 Å². The number of para-hydroxylation sites is 2. The van der Waals surface area contributed by atoms with Gasteiger partial charge in [-0.1, -0.05) is 25.5 Å². The fraction of sp³-hybridized carbons (Fsp3) is 0.500. The van der Waals surface area contributed by atoms with Crippen LogP contribution in [0.5, 0.6) is 0 Å². The Labute approximate surface area is 101 Å². The van der Waals surface area contributed by atoms with Gasteiger partial charge in [0.25, 0.3) is 0 Å². The Morgan fingerprint density at radius 1 is 1.41 bits per heavy atom. The summed E-state index contributed by atoms with van der Waals surface area (Å²) >= 11 is 0. The molecule has 0 amide bonds. The zero-order chi connectivity index (χ0) is 11.7. The molecule has 1 aliphatic heterocycles. The lowest BCUT2D eigenvalue weighted by Crippen LogP contribution is -2.36. The quantitative estimate of drug-likeness (QED) is 0.879. The van der Waals surface area contributed by atoms with Crippen LogP contribution < -0.4 is 5.32 Å². The van der Waals surface area contributed by atoms with Crippen molar-refractivity contribution < 1.29 is 4.42 Å². The van der Waals surface area contributed by atoms with Crippen LogP contribution in [0.25, 0.3) is 11.1 Å². The van der Waals surface area contributed by atoms with Crippen molar-refractivity contribution in [3.63, 3.8) is 0 Å². The van der Waals surface area contributed by atoms with E-state index in [4.69, 9.17) is 4.42 Å². The maximum absolute atomic E-state index is 5.93. The maximum atomic E-state index is 5.93. The molecule has 0 saturated carbocycles. The molecule has 1 aliphatic rings. The summed E-state index contributed by atoms with van der Waals surface area (Å²) in [5.74, 6) is 0.873. The second kappa shape index (κ2) is 4.15. The average Bonchev–Trinajstić information content (AvgIpc) is 2.95. The number of hydrogen-bond acceptors (Lipinski definition) is 3. The lowest BCUT2D eigenvalue weighted by atomic mass is 9.92. The Bertz CT molecular complexity index is 479. The van der Waals surface area contributed by atoms with E-state index in [0.717, 1.165) is 42.8 Å². The lowest BCUT2D eigenvalue weighted by Gasteiger charge is -2.25. The standard InChI is InChI=1S/C14H18N2O/c1-2-8-14(9-5-10-15-14)13-16-11-6-3-4-7-12(11)17-13/h3-4,6-7,15H,2,5,8-10H2,1H3. The van der Waals surface area contributed by atoms with E-state index in [9.17, 15) is 0 Å². The molecule has 3 heteroatoms. The molecule has 1 aromatic heterocycles. The van der Waals surface area contributed by atoms with Gasteiger partial charge in [-0.05, 0) is 37.9 Å². The predicted octanol–water partition coefficient (Wildman–Crippen LogP) is 3.21. The first kappa shape index (κ1) is 10.8. The summed E-state index contributed by atoms with van der Waals surface area (Å²) in [6, 6.07) is 7.99. The Kier molecular flexibility index (Phi) is 2.63. The van der Waals surface area contributed by atoms with Crippen molar-refractivity contribution in [2.75, 3.05) is 6.54 Å². The average molecular weight is 230 g/mol. The van der Waals surface area contributed by atoms with Crippen molar-refractivity contribution in [3.05, 3.63) is 30.2 Å². The van der Waals surface area contributed by atoms with Gasteiger partial charge in [0.15, 0.2) is 5.58 Å². The second-order valence-corrected chi connectivity index (χ2v) is 4.85. The first-order chi connectivity index (χ1) is 8.34. The van der Waals surface area contributed by atoms with E-state index in [0.29, 0.717) is 0 Å². The molecule has 0 radical (unpaired) electrons. The van der Waals surface area contributed by atoms with Crippen LogP contribution >= 0.6 is 0 Å². The van der Waals surface area contributed by atoms with Crippen molar-refractivity contribution in [1.82, 2.24) is 10.3 Å². The number of benzene rings is 1. The van der Waals surface area contributed by atoms with Crippen LogP contribution in [-0.4, -0.2) is 11.5 Å². The molecule has 1 aromatic carbocycles. The number of hydrogen-bond donors (Lipinski definition) is 1. The van der Waals surface area contributed by atoms with Crippen LogP contribution in [0.4, 0.5) is 0 Å². The molecule has 1 atom stereocenters. The summed E-state index contributed by atoms with van der Waals surface area (Å²) < 4.78 is 5.93. The van der Waals surface area contributed by atoms with Crippen LogP contribution in [0.1, 0.15) is 38.5 Å². The van der Waals surface area contributed by atoms with Crippen molar-refractivity contribution >= 4 is 11.1 Å². The summed E-state index contributed by atoms with van der Waals surface area (Å²) in [5, 5.41) is 3.59. The molecular weight excluding hydrogens is 212 g/mol. The van der Waals surface area contributed by atoms with Crippen molar-refractivity contribution in [2.24, 2.45) is 0 Å². The summed E-state index contributed by atoms with van der Waals surface area (Å²) in [6.07, 6.45) is 4.58. The number of aromatic nitrogens is 1. The third-order valence-electron chi connectivity index (χ3n) is 3.62. The molecule has 0 spiro atoms. The van der Waals surface area contributed by atoms with E-state index in [-0.39, 0.29) is 5.54 Å². The molecular formula is C14H18N2O. The van der Waals surface area contributed by atoms with Crippen LogP contribution in [-0.2, 0) is 5.54 Å². The van der Waals surface area contributed by atoms with Crippen LogP contribution in [0, 0.1) is 0 Å². The monoisotopic (exact) mass is 230 g/mol. The van der Waals surface area contributed by atoms with Crippen LogP contribution in [0.2, 0.25) is 0 Å². The topological polar surface area (TPSA) is 38.1 Å². The minimum absolute atomic E-state index is 0.0201. The summed E-state index contributed by atoms with van der Waals surface area (Å²) in [6.45, 7) is 3.28. The molecule has 3 nitrogen and oxygen atoms in total. The van der Waals surface area contributed by atoms with E-state index in [1.165, 1.54) is 6.42 Å². The number of rotatable bonds is 3. The van der Waals surface area contributed by atoms with E-state index in [1.807, 2.05) is 24.3 Å². The zero-order valence-corrected chi connectivity index (χ0v) is 10.2. The normalized spacial score (nSPS) is 24.5. The Morgan fingerprint density at radius 3 is 3.00 bits per heavy atom. The number of nitrogens with zero attached hydrogens (tertiary/aromatic N) is 1. The number of nitrogens with one attached hydrogen (secondary N) is 1. The molecule has 2 aromatic rings. The highest BCUT2D eigenvalue weighted by Crippen LogP contribution is 2.36. The van der Waals surface area contributed by atoms with Crippen molar-refractivity contribution in [3.8, 4) is 0 Å². The third-order valence-corrected chi connectivity index (χ3v) is 3.62. The van der Waals surface area contributed by atoms with E-state index in [2.05, 4.69) is 17.2 Å². The molecule has 90 valence electrons. The number of fused-ring (bicyclic) bond motifs is 1. The van der Waals surface area contributed by atoms with Gasteiger partial charge in [0, 0.05) is 0 Å². The van der Waals surface area contributed by atoms with Gasteiger partial charge >= 0.3 is 0 Å². The Balaban J connectivity index is 2.05. The SMILES string of the molecule is CCCC1(c2nc3ccccc3o2)CCCN1. The van der Waals surface area contributed by atoms with Gasteiger partial charge in [-0.3, -0.25) is 0 Å². The highest BCUT2D eigenvalue weighted by molar-refractivity contribution is 5.72. The highest BCUT2D eigenvalue weighted by Gasteiger charge is 2.38. The molecule has 0 bridgehead atoms. The van der Waals surface area contributed by atoms with Gasteiger partial charge in [-0.15, -0.1) is 0 Å². The second-order valence-electron chi connectivity index (χ2n) is 4.85. The smallest absolute Gasteiger partial charge is 0.215 e. The first-order valence-corrected chi connectivity index (χ1v) is 6.45. The van der Waals surface area contributed by atoms with Crippen molar-refractivity contribution in [1.29, 1.82) is 0 Å². The van der Waals surface area contributed by atoms with E-state index >= 15 is 0 Å². The van der Waals surface area contributed by atoms with Gasteiger partial charge in [-0.2, -0.15) is 0 Å². The van der Waals surface area contributed by atoms with E-state index < -0.39 is 0 Å². The molecule has 1 saturated heterocycles. The van der Waals surface area contributed by atoms with Gasteiger partial charge in [0.2, 0.25) is 5.89 Å². The Hall–Kier alpha value is -1.35. The lowest BCUT2D eigenvalue weighted by molar-refractivity contribution is 0.279. The summed E-state index contributed by atoms with van der Waals surface area (Å²) in [5.41, 5.74) is 1.84.